The van der Waals surface area contributed by atoms with Gasteiger partial charge in [-0.1, -0.05) is 36.4 Å². The van der Waals surface area contributed by atoms with E-state index >= 15 is 0 Å². The molecular formula is C20H22N2O3. The van der Waals surface area contributed by atoms with Crippen LogP contribution in [0.3, 0.4) is 0 Å². The molecule has 3 rings (SSSR count). The van der Waals surface area contributed by atoms with Crippen molar-refractivity contribution in [2.45, 2.75) is 25.2 Å². The van der Waals surface area contributed by atoms with Crippen molar-refractivity contribution in [3.8, 4) is 0 Å². The molecule has 2 aromatic rings. The number of ether oxygens (including phenoxy) is 1. The Morgan fingerprint density at radius 2 is 1.76 bits per heavy atom. The Morgan fingerprint density at radius 1 is 1.00 bits per heavy atom. The van der Waals surface area contributed by atoms with E-state index in [9.17, 15) is 9.59 Å². The van der Waals surface area contributed by atoms with Crippen LogP contribution >= 0.6 is 0 Å². The van der Waals surface area contributed by atoms with Gasteiger partial charge in [0.15, 0.2) is 0 Å². The van der Waals surface area contributed by atoms with Crippen molar-refractivity contribution >= 4 is 11.9 Å². The molecule has 0 radical (unpaired) electrons. The zero-order valence-electron chi connectivity index (χ0n) is 14.4. The van der Waals surface area contributed by atoms with Gasteiger partial charge in [-0.15, -0.1) is 0 Å². The van der Waals surface area contributed by atoms with Gasteiger partial charge < -0.3 is 9.64 Å². The molecule has 0 aliphatic carbocycles. The monoisotopic (exact) mass is 338 g/mol. The number of rotatable bonds is 3. The van der Waals surface area contributed by atoms with E-state index in [2.05, 4.69) is 34.0 Å². The van der Waals surface area contributed by atoms with Crippen LogP contribution in [-0.4, -0.2) is 42.0 Å². The number of pyridine rings is 1. The molecule has 1 amide bonds. The van der Waals surface area contributed by atoms with Gasteiger partial charge in [0.1, 0.15) is 11.4 Å². The van der Waals surface area contributed by atoms with Gasteiger partial charge in [-0.25, -0.2) is 9.78 Å². The van der Waals surface area contributed by atoms with Crippen molar-refractivity contribution in [1.82, 2.24) is 9.88 Å². The first kappa shape index (κ1) is 17.1. The highest BCUT2D eigenvalue weighted by atomic mass is 16.5. The fourth-order valence-electron chi connectivity index (χ4n) is 3.29. The highest BCUT2D eigenvalue weighted by molar-refractivity contribution is 5.94. The molecule has 1 aliphatic heterocycles. The van der Waals surface area contributed by atoms with E-state index in [1.54, 1.807) is 18.2 Å². The number of carbonyl (C=O) groups excluding carboxylic acids is 2. The molecule has 5 nitrogen and oxygen atoms in total. The van der Waals surface area contributed by atoms with E-state index in [-0.39, 0.29) is 11.6 Å². The van der Waals surface area contributed by atoms with E-state index in [0.717, 1.165) is 19.3 Å². The second-order valence-electron chi connectivity index (χ2n) is 6.23. The second kappa shape index (κ2) is 7.92. The third-order valence-electron chi connectivity index (χ3n) is 4.65. The highest BCUT2D eigenvalue weighted by Gasteiger charge is 2.23. The van der Waals surface area contributed by atoms with Crippen molar-refractivity contribution in [2.24, 2.45) is 0 Å². The van der Waals surface area contributed by atoms with Gasteiger partial charge in [-0.05, 0) is 42.9 Å². The molecular weight excluding hydrogens is 316 g/mol. The van der Waals surface area contributed by atoms with Crippen molar-refractivity contribution in [3.05, 3.63) is 65.5 Å². The SMILES string of the molecule is COC(=O)c1cccc(C(=O)N2CCC[C@@H](c3ccccc3)CC2)n1. The number of esters is 1. The summed E-state index contributed by atoms with van der Waals surface area (Å²) in [6, 6.07) is 15.3. The van der Waals surface area contributed by atoms with Gasteiger partial charge in [0.25, 0.3) is 5.91 Å². The van der Waals surface area contributed by atoms with Crippen LogP contribution in [0.25, 0.3) is 0 Å². The summed E-state index contributed by atoms with van der Waals surface area (Å²) >= 11 is 0. The van der Waals surface area contributed by atoms with Crippen molar-refractivity contribution in [1.29, 1.82) is 0 Å². The zero-order chi connectivity index (χ0) is 17.6. The molecule has 1 saturated heterocycles. The summed E-state index contributed by atoms with van der Waals surface area (Å²) < 4.78 is 4.67. The molecule has 1 atom stereocenters. The van der Waals surface area contributed by atoms with Gasteiger partial charge in [-0.2, -0.15) is 0 Å². The van der Waals surface area contributed by atoms with Gasteiger partial charge in [-0.3, -0.25) is 4.79 Å². The first-order chi connectivity index (χ1) is 12.2. The van der Waals surface area contributed by atoms with Gasteiger partial charge in [0, 0.05) is 13.1 Å². The summed E-state index contributed by atoms with van der Waals surface area (Å²) in [6.07, 6.45) is 2.97. The summed E-state index contributed by atoms with van der Waals surface area (Å²) in [7, 11) is 1.30. The molecule has 5 heteroatoms. The lowest BCUT2D eigenvalue weighted by atomic mass is 9.92. The smallest absolute Gasteiger partial charge is 0.356 e. The molecule has 1 fully saturated rings. The van der Waals surface area contributed by atoms with Crippen LogP contribution < -0.4 is 0 Å². The first-order valence-corrected chi connectivity index (χ1v) is 8.58. The molecule has 1 aromatic heterocycles. The number of methoxy groups -OCH3 is 1. The summed E-state index contributed by atoms with van der Waals surface area (Å²) in [5.74, 6) is -0.178. The van der Waals surface area contributed by atoms with Crippen LogP contribution in [0.4, 0.5) is 0 Å². The Hall–Kier alpha value is -2.69. The predicted octanol–water partition coefficient (Wildman–Crippen LogP) is 3.28. The van der Waals surface area contributed by atoms with E-state index < -0.39 is 5.97 Å². The van der Waals surface area contributed by atoms with Crippen molar-refractivity contribution < 1.29 is 14.3 Å². The minimum absolute atomic E-state index is 0.125. The maximum absolute atomic E-state index is 12.8. The Kier molecular flexibility index (Phi) is 5.43. The predicted molar refractivity (Wildman–Crippen MR) is 94.5 cm³/mol. The average Bonchev–Trinajstić information content (AvgIpc) is 2.94. The number of amides is 1. The standard InChI is InChI=1S/C20H22N2O3/c1-25-20(24)18-11-5-10-17(21-18)19(23)22-13-6-9-16(12-14-22)15-7-3-2-4-8-15/h2-5,7-8,10-11,16H,6,9,12-14H2,1H3/t16-/m1/s1. The minimum Gasteiger partial charge on any atom is -0.464 e. The molecule has 0 N–H and O–H groups in total. The number of nitrogens with zero attached hydrogens (tertiary/aromatic N) is 2. The molecule has 130 valence electrons. The number of benzene rings is 1. The minimum atomic E-state index is -0.533. The van der Waals surface area contributed by atoms with E-state index in [0.29, 0.717) is 24.7 Å². The van der Waals surface area contributed by atoms with Gasteiger partial charge in [0.05, 0.1) is 7.11 Å². The van der Waals surface area contributed by atoms with Gasteiger partial charge in [0.2, 0.25) is 0 Å². The quantitative estimate of drug-likeness (QED) is 0.806. The van der Waals surface area contributed by atoms with E-state index in [1.807, 2.05) is 11.0 Å². The average molecular weight is 338 g/mol. The molecule has 1 aliphatic rings. The lowest BCUT2D eigenvalue weighted by molar-refractivity contribution is 0.0593. The largest absolute Gasteiger partial charge is 0.464 e. The summed E-state index contributed by atoms with van der Waals surface area (Å²) in [5.41, 5.74) is 1.79. The second-order valence-corrected chi connectivity index (χ2v) is 6.23. The Bertz CT molecular complexity index is 746. The molecule has 2 heterocycles. The first-order valence-electron chi connectivity index (χ1n) is 8.58. The Morgan fingerprint density at radius 3 is 2.52 bits per heavy atom. The lowest BCUT2D eigenvalue weighted by Crippen LogP contribution is -2.32. The summed E-state index contributed by atoms with van der Waals surface area (Å²) in [5, 5.41) is 0. The van der Waals surface area contributed by atoms with Crippen LogP contribution in [0.1, 0.15) is 51.7 Å². The van der Waals surface area contributed by atoms with Crippen LogP contribution in [0.2, 0.25) is 0 Å². The third kappa shape index (κ3) is 4.05. The van der Waals surface area contributed by atoms with Crippen LogP contribution in [0.15, 0.2) is 48.5 Å². The van der Waals surface area contributed by atoms with Gasteiger partial charge >= 0.3 is 5.97 Å². The highest BCUT2D eigenvalue weighted by Crippen LogP contribution is 2.28. The fraction of sp³-hybridized carbons (Fsp3) is 0.350. The van der Waals surface area contributed by atoms with Crippen molar-refractivity contribution in [2.75, 3.05) is 20.2 Å². The van der Waals surface area contributed by atoms with Crippen LogP contribution in [-0.2, 0) is 4.74 Å². The molecule has 25 heavy (non-hydrogen) atoms. The number of hydrogen-bond donors (Lipinski definition) is 0. The summed E-state index contributed by atoms with van der Waals surface area (Å²) in [6.45, 7) is 1.41. The normalized spacial score (nSPS) is 17.6. The Labute approximate surface area is 147 Å². The number of likely N-dealkylation sites (tertiary alicyclic amines) is 1. The Balaban J connectivity index is 1.70. The van der Waals surface area contributed by atoms with E-state index in [1.165, 1.54) is 12.7 Å². The number of carbonyl (C=O) groups is 2. The number of hydrogen-bond acceptors (Lipinski definition) is 4. The lowest BCUT2D eigenvalue weighted by Gasteiger charge is -2.20. The fourth-order valence-corrected chi connectivity index (χ4v) is 3.29. The topological polar surface area (TPSA) is 59.5 Å². The van der Waals surface area contributed by atoms with Crippen LogP contribution in [0, 0.1) is 0 Å². The van der Waals surface area contributed by atoms with Crippen molar-refractivity contribution in [3.63, 3.8) is 0 Å². The maximum atomic E-state index is 12.8. The van der Waals surface area contributed by atoms with Crippen LogP contribution in [0.5, 0.6) is 0 Å². The third-order valence-corrected chi connectivity index (χ3v) is 4.65. The molecule has 0 spiro atoms. The zero-order valence-corrected chi connectivity index (χ0v) is 14.4. The maximum Gasteiger partial charge on any atom is 0.356 e. The molecule has 0 unspecified atom stereocenters. The molecule has 1 aromatic carbocycles. The molecule has 0 bridgehead atoms. The molecule has 0 saturated carbocycles. The summed E-state index contributed by atoms with van der Waals surface area (Å²) in [4.78, 5) is 30.4. The number of aromatic nitrogens is 1. The van der Waals surface area contributed by atoms with E-state index in [4.69, 9.17) is 0 Å².